The first-order valence-corrected chi connectivity index (χ1v) is 7.15. The molecule has 0 aliphatic carbocycles. The van der Waals surface area contributed by atoms with E-state index >= 15 is 0 Å². The van der Waals surface area contributed by atoms with Gasteiger partial charge in [-0.15, -0.1) is 0 Å². The predicted octanol–water partition coefficient (Wildman–Crippen LogP) is 0.547. The first-order valence-electron chi connectivity index (χ1n) is 7.15. The van der Waals surface area contributed by atoms with Crippen molar-refractivity contribution in [2.45, 2.75) is 18.6 Å². The highest BCUT2D eigenvalue weighted by atomic mass is 16.5. The van der Waals surface area contributed by atoms with E-state index in [2.05, 4.69) is 5.32 Å². The number of carboxylic acid groups (broad SMARTS) is 1. The minimum Gasteiger partial charge on any atom is -0.493 e. The summed E-state index contributed by atoms with van der Waals surface area (Å²) >= 11 is 0. The molecule has 2 rings (SSSR count). The molecule has 1 heterocycles. The van der Waals surface area contributed by atoms with Crippen LogP contribution in [0.3, 0.4) is 0 Å². The summed E-state index contributed by atoms with van der Waals surface area (Å²) in [7, 11) is 2.99. The van der Waals surface area contributed by atoms with Gasteiger partial charge in [0.2, 0.25) is 0 Å². The van der Waals surface area contributed by atoms with Crippen LogP contribution in [0.25, 0.3) is 0 Å². The Hall–Kier alpha value is -2.48. The van der Waals surface area contributed by atoms with Crippen molar-refractivity contribution in [1.82, 2.24) is 10.2 Å². The maximum atomic E-state index is 12.5. The smallest absolute Gasteiger partial charge is 0.404 e. The number of hydrogen-bond donors (Lipinski definition) is 3. The third kappa shape index (κ3) is 3.84. The number of nitrogens with zero attached hydrogens (tertiary/aromatic N) is 1. The van der Waals surface area contributed by atoms with Gasteiger partial charge in [-0.05, 0) is 24.6 Å². The third-order valence-electron chi connectivity index (χ3n) is 3.81. The molecule has 2 amide bonds. The summed E-state index contributed by atoms with van der Waals surface area (Å²) in [5, 5.41) is 21.0. The number of β-amino-alcohol motifs (C(OH)–C–C–N with tert-alkyl or cyclic N) is 1. The van der Waals surface area contributed by atoms with Crippen molar-refractivity contribution in [3.05, 3.63) is 23.8 Å². The minimum atomic E-state index is -1.19. The van der Waals surface area contributed by atoms with Crippen molar-refractivity contribution in [1.29, 1.82) is 0 Å². The topological polar surface area (TPSA) is 108 Å². The summed E-state index contributed by atoms with van der Waals surface area (Å²) in [4.78, 5) is 24.7. The second kappa shape index (κ2) is 7.19. The molecular formula is C15H20N2O6. The van der Waals surface area contributed by atoms with Gasteiger partial charge in [-0.25, -0.2) is 4.79 Å². The van der Waals surface area contributed by atoms with Crippen LogP contribution in [0.5, 0.6) is 11.5 Å². The van der Waals surface area contributed by atoms with Crippen LogP contribution in [-0.4, -0.2) is 66.6 Å². The lowest BCUT2D eigenvalue weighted by Crippen LogP contribution is -2.55. The Morgan fingerprint density at radius 1 is 1.26 bits per heavy atom. The number of nitrogens with one attached hydrogen (secondary N) is 1. The molecule has 0 saturated carbocycles. The zero-order valence-electron chi connectivity index (χ0n) is 13.0. The molecule has 1 aliphatic rings. The Morgan fingerprint density at radius 3 is 2.52 bits per heavy atom. The molecule has 1 aromatic carbocycles. The zero-order chi connectivity index (χ0) is 17.0. The highest BCUT2D eigenvalue weighted by Gasteiger charge is 2.31. The van der Waals surface area contributed by atoms with E-state index in [0.29, 0.717) is 30.0 Å². The second-order valence-corrected chi connectivity index (χ2v) is 5.23. The number of methoxy groups -OCH3 is 2. The molecule has 0 spiro atoms. The van der Waals surface area contributed by atoms with Crippen molar-refractivity contribution in [3.8, 4) is 11.5 Å². The standard InChI is InChI=1S/C15H20N2O6/c1-22-12-4-3-9(7-13(12)23-2)14(19)17-6-5-10(11(18)8-17)16-15(20)21/h3-4,7,10-11,16,18H,5-6,8H2,1-2H3,(H,20,21)/t10-,11+/m1/s1. The molecule has 126 valence electrons. The third-order valence-corrected chi connectivity index (χ3v) is 3.81. The number of hydrogen-bond acceptors (Lipinski definition) is 5. The fourth-order valence-corrected chi connectivity index (χ4v) is 2.59. The number of amides is 2. The van der Waals surface area contributed by atoms with Gasteiger partial charge >= 0.3 is 6.09 Å². The van der Waals surface area contributed by atoms with Crippen LogP contribution in [0.15, 0.2) is 18.2 Å². The summed E-state index contributed by atoms with van der Waals surface area (Å²) in [5.41, 5.74) is 0.416. The van der Waals surface area contributed by atoms with Crippen LogP contribution < -0.4 is 14.8 Å². The largest absolute Gasteiger partial charge is 0.493 e. The molecule has 0 aromatic heterocycles. The predicted molar refractivity (Wildman–Crippen MR) is 81.0 cm³/mol. The van der Waals surface area contributed by atoms with Gasteiger partial charge in [-0.3, -0.25) is 4.79 Å². The van der Waals surface area contributed by atoms with E-state index in [1.807, 2.05) is 0 Å². The van der Waals surface area contributed by atoms with E-state index in [4.69, 9.17) is 14.6 Å². The van der Waals surface area contributed by atoms with Gasteiger partial charge in [0, 0.05) is 18.7 Å². The van der Waals surface area contributed by atoms with Gasteiger partial charge in [0.25, 0.3) is 5.91 Å². The Balaban J connectivity index is 2.08. The number of benzene rings is 1. The minimum absolute atomic E-state index is 0.0676. The van der Waals surface area contributed by atoms with Gasteiger partial charge in [0.1, 0.15) is 0 Å². The van der Waals surface area contributed by atoms with E-state index in [1.54, 1.807) is 18.2 Å². The van der Waals surface area contributed by atoms with E-state index in [-0.39, 0.29) is 12.5 Å². The molecule has 2 atom stereocenters. The average molecular weight is 324 g/mol. The van der Waals surface area contributed by atoms with Crippen molar-refractivity contribution in [2.24, 2.45) is 0 Å². The van der Waals surface area contributed by atoms with Gasteiger partial charge in [0.05, 0.1) is 26.4 Å². The van der Waals surface area contributed by atoms with Crippen LogP contribution in [0.4, 0.5) is 4.79 Å². The maximum absolute atomic E-state index is 12.5. The molecular weight excluding hydrogens is 304 g/mol. The maximum Gasteiger partial charge on any atom is 0.404 e. The number of aliphatic hydroxyl groups is 1. The molecule has 1 aromatic rings. The van der Waals surface area contributed by atoms with Gasteiger partial charge in [-0.2, -0.15) is 0 Å². The Kier molecular flexibility index (Phi) is 5.28. The molecule has 8 heteroatoms. The number of ether oxygens (including phenoxy) is 2. The van der Waals surface area contributed by atoms with E-state index in [0.717, 1.165) is 0 Å². The highest BCUT2D eigenvalue weighted by molar-refractivity contribution is 5.95. The summed E-state index contributed by atoms with van der Waals surface area (Å²) in [6.07, 6.45) is -1.77. The number of likely N-dealkylation sites (tertiary alicyclic amines) is 1. The van der Waals surface area contributed by atoms with Gasteiger partial charge < -0.3 is 29.9 Å². The molecule has 1 saturated heterocycles. The van der Waals surface area contributed by atoms with Gasteiger partial charge in [-0.1, -0.05) is 0 Å². The molecule has 0 unspecified atom stereocenters. The van der Waals surface area contributed by atoms with Crippen molar-refractivity contribution in [2.75, 3.05) is 27.3 Å². The van der Waals surface area contributed by atoms with E-state index < -0.39 is 18.2 Å². The fourth-order valence-electron chi connectivity index (χ4n) is 2.59. The van der Waals surface area contributed by atoms with E-state index in [9.17, 15) is 14.7 Å². The zero-order valence-corrected chi connectivity index (χ0v) is 13.0. The lowest BCUT2D eigenvalue weighted by Gasteiger charge is -2.35. The van der Waals surface area contributed by atoms with Crippen molar-refractivity contribution >= 4 is 12.0 Å². The summed E-state index contributed by atoms with van der Waals surface area (Å²) < 4.78 is 10.3. The summed E-state index contributed by atoms with van der Waals surface area (Å²) in [6, 6.07) is 4.27. The molecule has 1 fully saturated rings. The van der Waals surface area contributed by atoms with Crippen LogP contribution >= 0.6 is 0 Å². The molecule has 0 bridgehead atoms. The number of aliphatic hydroxyl groups excluding tert-OH is 1. The molecule has 23 heavy (non-hydrogen) atoms. The lowest BCUT2D eigenvalue weighted by molar-refractivity contribution is 0.0327. The van der Waals surface area contributed by atoms with Gasteiger partial charge in [0.15, 0.2) is 11.5 Å². The molecule has 0 radical (unpaired) electrons. The first kappa shape index (κ1) is 16.9. The number of rotatable bonds is 4. The SMILES string of the molecule is COc1ccc(C(=O)N2CC[C@@H](NC(=O)O)[C@@H](O)C2)cc1OC. The average Bonchev–Trinajstić information content (AvgIpc) is 2.55. The van der Waals surface area contributed by atoms with Crippen molar-refractivity contribution in [3.63, 3.8) is 0 Å². The molecule has 8 nitrogen and oxygen atoms in total. The monoisotopic (exact) mass is 324 g/mol. The molecule has 3 N–H and O–H groups in total. The van der Waals surface area contributed by atoms with Crippen LogP contribution in [-0.2, 0) is 0 Å². The fraction of sp³-hybridized carbons (Fsp3) is 0.467. The number of carbonyl (C=O) groups is 2. The second-order valence-electron chi connectivity index (χ2n) is 5.23. The lowest BCUT2D eigenvalue weighted by atomic mass is 10.0. The Bertz CT molecular complexity index is 591. The summed E-state index contributed by atoms with van der Waals surface area (Å²) in [5.74, 6) is 0.716. The Labute approximate surface area is 133 Å². The number of carbonyl (C=O) groups excluding carboxylic acids is 1. The first-order chi connectivity index (χ1) is 11.0. The summed E-state index contributed by atoms with van der Waals surface area (Å²) in [6.45, 7) is 0.424. The normalized spacial score (nSPS) is 20.7. The van der Waals surface area contributed by atoms with Crippen molar-refractivity contribution < 1.29 is 29.3 Å². The van der Waals surface area contributed by atoms with Crippen LogP contribution in [0.1, 0.15) is 16.8 Å². The highest BCUT2D eigenvalue weighted by Crippen LogP contribution is 2.28. The molecule has 1 aliphatic heterocycles. The number of piperidine rings is 1. The van der Waals surface area contributed by atoms with Crippen LogP contribution in [0, 0.1) is 0 Å². The van der Waals surface area contributed by atoms with Crippen LogP contribution in [0.2, 0.25) is 0 Å². The Morgan fingerprint density at radius 2 is 1.96 bits per heavy atom. The van der Waals surface area contributed by atoms with E-state index in [1.165, 1.54) is 19.1 Å². The quantitative estimate of drug-likeness (QED) is 0.746.